The summed E-state index contributed by atoms with van der Waals surface area (Å²) in [7, 11) is 1.80. The van der Waals surface area contributed by atoms with Crippen molar-refractivity contribution in [2.45, 2.75) is 17.1 Å². The number of aromatic nitrogens is 4. The molecule has 0 aliphatic carbocycles. The molecule has 0 amide bonds. The van der Waals surface area contributed by atoms with E-state index in [4.69, 9.17) is 5.26 Å². The van der Waals surface area contributed by atoms with Crippen LogP contribution < -0.4 is 0 Å². The van der Waals surface area contributed by atoms with Gasteiger partial charge in [0.25, 0.3) is 0 Å². The van der Waals surface area contributed by atoms with E-state index < -0.39 is 0 Å². The highest BCUT2D eigenvalue weighted by Crippen LogP contribution is 2.28. The van der Waals surface area contributed by atoms with Crippen molar-refractivity contribution in [2.24, 2.45) is 7.05 Å². The van der Waals surface area contributed by atoms with Gasteiger partial charge in [0.2, 0.25) is 0 Å². The van der Waals surface area contributed by atoms with Gasteiger partial charge in [-0.15, -0.1) is 0 Å². The predicted molar refractivity (Wildman–Crippen MR) is 58.8 cm³/mol. The lowest BCUT2D eigenvalue weighted by atomic mass is 10.3. The van der Waals surface area contributed by atoms with Crippen molar-refractivity contribution < 1.29 is 0 Å². The van der Waals surface area contributed by atoms with Gasteiger partial charge >= 0.3 is 0 Å². The Bertz CT molecular complexity index is 540. The van der Waals surface area contributed by atoms with E-state index in [0.717, 1.165) is 10.7 Å². The van der Waals surface area contributed by atoms with E-state index in [2.05, 4.69) is 21.1 Å². The molecule has 0 radical (unpaired) electrons. The predicted octanol–water partition coefficient (Wildman–Crippen LogP) is 1.54. The molecule has 0 N–H and O–H groups in total. The maximum absolute atomic E-state index is 9.03. The average Bonchev–Trinajstić information content (AvgIpc) is 2.55. The third kappa shape index (κ3) is 1.90. The largest absolute Gasteiger partial charge is 0.260 e. The van der Waals surface area contributed by atoms with Crippen molar-refractivity contribution in [1.29, 1.82) is 5.26 Å². The summed E-state index contributed by atoms with van der Waals surface area (Å²) >= 11 is 1.34. The van der Waals surface area contributed by atoms with Crippen LogP contribution in [0.4, 0.5) is 0 Å². The molecular formula is C10H9N5S. The van der Waals surface area contributed by atoms with E-state index >= 15 is 0 Å². The van der Waals surface area contributed by atoms with Gasteiger partial charge in [0, 0.05) is 19.4 Å². The summed E-state index contributed by atoms with van der Waals surface area (Å²) in [6.07, 6.45) is 3.34. The van der Waals surface area contributed by atoms with Crippen LogP contribution in [0.15, 0.2) is 28.6 Å². The van der Waals surface area contributed by atoms with Crippen LogP contribution in [-0.4, -0.2) is 19.7 Å². The zero-order valence-corrected chi connectivity index (χ0v) is 9.69. The monoisotopic (exact) mass is 231 g/mol. The molecule has 0 aromatic carbocycles. The van der Waals surface area contributed by atoms with Crippen LogP contribution in [0.3, 0.4) is 0 Å². The Balaban J connectivity index is 2.39. The van der Waals surface area contributed by atoms with Gasteiger partial charge in [-0.3, -0.25) is 4.68 Å². The van der Waals surface area contributed by atoms with Gasteiger partial charge in [-0.25, -0.2) is 9.97 Å². The van der Waals surface area contributed by atoms with Crippen molar-refractivity contribution in [3.05, 3.63) is 29.7 Å². The number of hydrogen-bond donors (Lipinski definition) is 0. The summed E-state index contributed by atoms with van der Waals surface area (Å²) < 4.78 is 1.68. The minimum absolute atomic E-state index is 0.583. The van der Waals surface area contributed by atoms with E-state index in [0.29, 0.717) is 10.7 Å². The normalized spacial score (nSPS) is 10.1. The Morgan fingerprint density at radius 2 is 2.06 bits per heavy atom. The molecule has 2 heterocycles. The first-order valence-corrected chi connectivity index (χ1v) is 5.42. The quantitative estimate of drug-likeness (QED) is 0.733. The van der Waals surface area contributed by atoms with Crippen LogP contribution in [0, 0.1) is 18.3 Å². The van der Waals surface area contributed by atoms with Crippen LogP contribution in [0.25, 0.3) is 0 Å². The third-order valence-electron chi connectivity index (χ3n) is 2.01. The zero-order chi connectivity index (χ0) is 11.5. The fraction of sp³-hybridized carbons (Fsp3) is 0.200. The Kier molecular flexibility index (Phi) is 2.88. The molecule has 6 heteroatoms. The highest BCUT2D eigenvalue weighted by molar-refractivity contribution is 7.99. The number of hydrogen-bond acceptors (Lipinski definition) is 5. The standard InChI is InChI=1S/C10H9N5S/c1-7-8(6-11)9(15(2)14-7)16-10-12-4-3-5-13-10/h3-5H,1-2H3. The molecule has 0 aliphatic rings. The van der Waals surface area contributed by atoms with Crippen LogP contribution in [0.2, 0.25) is 0 Å². The van der Waals surface area contributed by atoms with Gasteiger partial charge in [0.1, 0.15) is 16.7 Å². The van der Waals surface area contributed by atoms with Crippen LogP contribution in [-0.2, 0) is 7.05 Å². The van der Waals surface area contributed by atoms with E-state index in [9.17, 15) is 0 Å². The molecular weight excluding hydrogens is 222 g/mol. The van der Waals surface area contributed by atoms with Crippen molar-refractivity contribution in [3.63, 3.8) is 0 Å². The minimum Gasteiger partial charge on any atom is -0.260 e. The Hall–Kier alpha value is -1.87. The Labute approximate surface area is 97.1 Å². The Morgan fingerprint density at radius 3 is 2.69 bits per heavy atom. The van der Waals surface area contributed by atoms with Gasteiger partial charge in [-0.05, 0) is 24.8 Å². The zero-order valence-electron chi connectivity index (χ0n) is 8.88. The molecule has 5 nitrogen and oxygen atoms in total. The molecule has 0 aliphatic heterocycles. The summed E-state index contributed by atoms with van der Waals surface area (Å²) in [5.74, 6) is 0. The summed E-state index contributed by atoms with van der Waals surface area (Å²) in [5.41, 5.74) is 1.31. The van der Waals surface area contributed by atoms with Crippen LogP contribution in [0.5, 0.6) is 0 Å². The lowest BCUT2D eigenvalue weighted by molar-refractivity contribution is 0.690. The first kappa shape index (κ1) is 10.6. The van der Waals surface area contributed by atoms with Crippen molar-refractivity contribution in [1.82, 2.24) is 19.7 Å². The van der Waals surface area contributed by atoms with Crippen LogP contribution in [0.1, 0.15) is 11.3 Å². The molecule has 2 rings (SSSR count). The highest BCUT2D eigenvalue weighted by atomic mass is 32.2. The van der Waals surface area contributed by atoms with Crippen molar-refractivity contribution in [2.75, 3.05) is 0 Å². The average molecular weight is 231 g/mol. The van der Waals surface area contributed by atoms with Crippen molar-refractivity contribution >= 4 is 11.8 Å². The summed E-state index contributed by atoms with van der Waals surface area (Å²) in [6, 6.07) is 3.90. The van der Waals surface area contributed by atoms with E-state index in [1.807, 2.05) is 6.92 Å². The number of nitriles is 1. The van der Waals surface area contributed by atoms with Gasteiger partial charge in [0.15, 0.2) is 5.16 Å². The molecule has 0 unspecified atom stereocenters. The molecule has 0 bridgehead atoms. The summed E-state index contributed by atoms with van der Waals surface area (Å²) in [6.45, 7) is 1.81. The summed E-state index contributed by atoms with van der Waals surface area (Å²) in [5, 5.41) is 14.6. The highest BCUT2D eigenvalue weighted by Gasteiger charge is 2.14. The van der Waals surface area contributed by atoms with Crippen molar-refractivity contribution in [3.8, 4) is 6.07 Å². The second-order valence-electron chi connectivity index (χ2n) is 3.13. The molecule has 80 valence electrons. The number of rotatable bonds is 2. The van der Waals surface area contributed by atoms with Gasteiger partial charge in [-0.1, -0.05) is 0 Å². The van der Waals surface area contributed by atoms with Crippen LogP contribution >= 0.6 is 11.8 Å². The molecule has 0 atom stereocenters. The number of aryl methyl sites for hydroxylation is 2. The molecule has 0 spiro atoms. The SMILES string of the molecule is Cc1nn(C)c(Sc2ncccn2)c1C#N. The Morgan fingerprint density at radius 1 is 1.38 bits per heavy atom. The molecule has 2 aromatic rings. The number of nitrogens with zero attached hydrogens (tertiary/aromatic N) is 5. The topological polar surface area (TPSA) is 67.4 Å². The van der Waals surface area contributed by atoms with Gasteiger partial charge in [-0.2, -0.15) is 10.4 Å². The molecule has 16 heavy (non-hydrogen) atoms. The van der Waals surface area contributed by atoms with E-state index in [-0.39, 0.29) is 0 Å². The minimum atomic E-state index is 0.583. The maximum atomic E-state index is 9.03. The fourth-order valence-electron chi connectivity index (χ4n) is 1.31. The molecule has 0 saturated heterocycles. The lowest BCUT2D eigenvalue weighted by Gasteiger charge is -1.99. The third-order valence-corrected chi connectivity index (χ3v) is 3.07. The van der Waals surface area contributed by atoms with Gasteiger partial charge in [0.05, 0.1) is 5.69 Å². The first-order valence-electron chi connectivity index (χ1n) is 4.61. The second-order valence-corrected chi connectivity index (χ2v) is 4.09. The summed E-state index contributed by atoms with van der Waals surface area (Å²) in [4.78, 5) is 8.20. The van der Waals surface area contributed by atoms with E-state index in [1.165, 1.54) is 11.8 Å². The maximum Gasteiger partial charge on any atom is 0.193 e. The fourth-order valence-corrected chi connectivity index (χ4v) is 2.18. The van der Waals surface area contributed by atoms with Gasteiger partial charge < -0.3 is 0 Å². The first-order chi connectivity index (χ1) is 7.72. The molecule has 0 saturated carbocycles. The molecule has 2 aromatic heterocycles. The van der Waals surface area contributed by atoms with E-state index in [1.54, 1.807) is 30.2 Å². The molecule has 0 fully saturated rings. The smallest absolute Gasteiger partial charge is 0.193 e. The lowest BCUT2D eigenvalue weighted by Crippen LogP contribution is -1.94. The second kappa shape index (κ2) is 4.33.